The lowest BCUT2D eigenvalue weighted by atomic mass is 10.1. The number of nitrogens with zero attached hydrogens (tertiary/aromatic N) is 2. The van der Waals surface area contributed by atoms with Gasteiger partial charge in [-0.1, -0.05) is 27.5 Å². The van der Waals surface area contributed by atoms with Crippen LogP contribution in [-0.2, 0) is 13.7 Å². The molecule has 0 aliphatic carbocycles. The molecule has 1 aromatic heterocycles. The van der Waals surface area contributed by atoms with Crippen molar-refractivity contribution in [1.82, 2.24) is 9.78 Å². The van der Waals surface area contributed by atoms with Crippen molar-refractivity contribution in [2.24, 2.45) is 12.8 Å². The maximum absolute atomic E-state index is 6.21. The van der Waals surface area contributed by atoms with E-state index in [-0.39, 0.29) is 6.04 Å². The van der Waals surface area contributed by atoms with Crippen LogP contribution in [0.3, 0.4) is 0 Å². The van der Waals surface area contributed by atoms with Crippen molar-refractivity contribution in [3.05, 3.63) is 44.6 Å². The summed E-state index contributed by atoms with van der Waals surface area (Å²) in [6, 6.07) is 5.69. The Bertz CT molecular complexity index is 625. The van der Waals surface area contributed by atoms with Gasteiger partial charge >= 0.3 is 0 Å². The summed E-state index contributed by atoms with van der Waals surface area (Å²) in [5.41, 5.74) is 8.58. The number of hydrogen-bond donors (Lipinski definition) is 1. The van der Waals surface area contributed by atoms with E-state index in [2.05, 4.69) is 21.0 Å². The zero-order valence-electron chi connectivity index (χ0n) is 11.7. The summed E-state index contributed by atoms with van der Waals surface area (Å²) in [7, 11) is 1.85. The second-order valence-corrected chi connectivity index (χ2v) is 6.02. The number of rotatable bonds is 4. The van der Waals surface area contributed by atoms with E-state index >= 15 is 0 Å². The fourth-order valence-electron chi connectivity index (χ4n) is 1.99. The number of benzene rings is 1. The summed E-state index contributed by atoms with van der Waals surface area (Å²) in [6.45, 7) is 4.16. The van der Waals surface area contributed by atoms with Gasteiger partial charge in [0, 0.05) is 23.1 Å². The number of aryl methyl sites for hydroxylation is 2. The van der Waals surface area contributed by atoms with Crippen LogP contribution in [0.5, 0.6) is 5.75 Å². The van der Waals surface area contributed by atoms with Crippen molar-refractivity contribution >= 4 is 27.5 Å². The topological polar surface area (TPSA) is 53.1 Å². The third-order valence-corrected chi connectivity index (χ3v) is 4.07. The highest BCUT2D eigenvalue weighted by molar-refractivity contribution is 9.10. The van der Waals surface area contributed by atoms with E-state index in [0.29, 0.717) is 11.6 Å². The van der Waals surface area contributed by atoms with Crippen molar-refractivity contribution in [1.29, 1.82) is 0 Å². The van der Waals surface area contributed by atoms with Gasteiger partial charge in [0.2, 0.25) is 0 Å². The molecule has 0 radical (unpaired) electrons. The minimum atomic E-state index is -0.105. The molecule has 4 nitrogen and oxygen atoms in total. The van der Waals surface area contributed by atoms with Gasteiger partial charge in [-0.25, -0.2) is 0 Å². The molecule has 0 amide bonds. The molecular weight excluding hydrogens is 342 g/mol. The highest BCUT2D eigenvalue weighted by Gasteiger charge is 2.14. The van der Waals surface area contributed by atoms with Crippen LogP contribution in [0.1, 0.15) is 29.9 Å². The Balaban J connectivity index is 2.23. The molecule has 0 aliphatic heterocycles. The molecule has 0 saturated heterocycles. The molecule has 20 heavy (non-hydrogen) atoms. The molecule has 0 bridgehead atoms. The van der Waals surface area contributed by atoms with Gasteiger partial charge in [-0.3, -0.25) is 4.68 Å². The fraction of sp³-hybridized carbons (Fsp3) is 0.357. The highest BCUT2D eigenvalue weighted by Crippen LogP contribution is 2.29. The van der Waals surface area contributed by atoms with Crippen molar-refractivity contribution in [2.45, 2.75) is 26.5 Å². The first kappa shape index (κ1) is 15.4. The van der Waals surface area contributed by atoms with E-state index in [1.807, 2.05) is 39.1 Å². The number of halogens is 2. The van der Waals surface area contributed by atoms with Crippen LogP contribution in [-0.4, -0.2) is 9.78 Å². The van der Waals surface area contributed by atoms with E-state index in [4.69, 9.17) is 22.1 Å². The van der Waals surface area contributed by atoms with Crippen LogP contribution >= 0.6 is 27.5 Å². The zero-order valence-corrected chi connectivity index (χ0v) is 14.0. The molecule has 0 saturated carbocycles. The highest BCUT2D eigenvalue weighted by atomic mass is 79.9. The largest absolute Gasteiger partial charge is 0.487 e. The van der Waals surface area contributed by atoms with E-state index in [0.717, 1.165) is 27.2 Å². The molecule has 108 valence electrons. The van der Waals surface area contributed by atoms with Gasteiger partial charge in [-0.15, -0.1) is 0 Å². The Morgan fingerprint density at radius 2 is 2.20 bits per heavy atom. The Kier molecular flexibility index (Phi) is 4.73. The number of hydrogen-bond acceptors (Lipinski definition) is 3. The lowest BCUT2D eigenvalue weighted by Crippen LogP contribution is -2.09. The van der Waals surface area contributed by atoms with E-state index < -0.39 is 0 Å². The van der Waals surface area contributed by atoms with Crippen LogP contribution in [0.2, 0.25) is 5.02 Å². The summed E-state index contributed by atoms with van der Waals surface area (Å²) < 4.78 is 8.58. The summed E-state index contributed by atoms with van der Waals surface area (Å²) in [5, 5.41) is 4.91. The molecule has 0 unspecified atom stereocenters. The normalized spacial score (nSPS) is 12.5. The maximum Gasteiger partial charge on any atom is 0.131 e. The first-order valence-corrected chi connectivity index (χ1v) is 7.43. The fourth-order valence-corrected chi connectivity index (χ4v) is 2.58. The predicted octanol–water partition coefficient (Wildman–Crippen LogP) is 3.74. The minimum absolute atomic E-state index is 0.105. The third-order valence-electron chi connectivity index (χ3n) is 3.09. The Hall–Kier alpha value is -1.04. The summed E-state index contributed by atoms with van der Waals surface area (Å²) in [5.74, 6) is 0.762. The Labute approximate surface area is 132 Å². The van der Waals surface area contributed by atoms with Crippen LogP contribution in [0.15, 0.2) is 22.7 Å². The second-order valence-electron chi connectivity index (χ2n) is 4.73. The number of ether oxygens (including phenoxy) is 1. The SMILES string of the molecule is Cc1nn(C)c(COc2ccc(Br)cc2[C@H](C)N)c1Cl. The molecule has 2 rings (SSSR count). The summed E-state index contributed by atoms with van der Waals surface area (Å²) >= 11 is 9.65. The monoisotopic (exact) mass is 357 g/mol. The van der Waals surface area contributed by atoms with Gasteiger partial charge in [-0.2, -0.15) is 5.10 Å². The summed E-state index contributed by atoms with van der Waals surface area (Å²) in [6.07, 6.45) is 0. The van der Waals surface area contributed by atoms with Crippen LogP contribution in [0, 0.1) is 6.92 Å². The lowest BCUT2D eigenvalue weighted by Gasteiger charge is -2.14. The molecular formula is C14H17BrClN3O. The second kappa shape index (κ2) is 6.16. The van der Waals surface area contributed by atoms with Crippen LogP contribution in [0.4, 0.5) is 0 Å². The zero-order chi connectivity index (χ0) is 14.9. The first-order chi connectivity index (χ1) is 9.40. The van der Waals surface area contributed by atoms with Crippen molar-refractivity contribution < 1.29 is 4.74 Å². The standard InChI is InChI=1S/C14H17BrClN3O/c1-8(17)11-6-10(15)4-5-13(11)20-7-12-14(16)9(2)18-19(12)3/h4-6,8H,7,17H2,1-3H3/t8-/m0/s1. The molecule has 0 fully saturated rings. The molecule has 2 N–H and O–H groups in total. The van der Waals surface area contributed by atoms with E-state index in [1.165, 1.54) is 0 Å². The lowest BCUT2D eigenvalue weighted by molar-refractivity contribution is 0.290. The molecule has 1 atom stereocenters. The average molecular weight is 359 g/mol. The Morgan fingerprint density at radius 3 is 2.75 bits per heavy atom. The Morgan fingerprint density at radius 1 is 1.50 bits per heavy atom. The smallest absolute Gasteiger partial charge is 0.131 e. The first-order valence-electron chi connectivity index (χ1n) is 6.26. The van der Waals surface area contributed by atoms with Gasteiger partial charge < -0.3 is 10.5 Å². The quantitative estimate of drug-likeness (QED) is 0.905. The predicted molar refractivity (Wildman–Crippen MR) is 84.0 cm³/mol. The van der Waals surface area contributed by atoms with Gasteiger partial charge in [-0.05, 0) is 32.0 Å². The van der Waals surface area contributed by atoms with Gasteiger partial charge in [0.25, 0.3) is 0 Å². The third kappa shape index (κ3) is 3.16. The maximum atomic E-state index is 6.21. The number of aromatic nitrogens is 2. The van der Waals surface area contributed by atoms with Gasteiger partial charge in [0.15, 0.2) is 0 Å². The minimum Gasteiger partial charge on any atom is -0.487 e. The molecule has 0 spiro atoms. The van der Waals surface area contributed by atoms with Crippen molar-refractivity contribution in [3.8, 4) is 5.75 Å². The molecule has 1 heterocycles. The van der Waals surface area contributed by atoms with E-state index in [1.54, 1.807) is 4.68 Å². The molecule has 2 aromatic rings. The molecule has 0 aliphatic rings. The van der Waals surface area contributed by atoms with Gasteiger partial charge in [0.1, 0.15) is 12.4 Å². The van der Waals surface area contributed by atoms with E-state index in [9.17, 15) is 0 Å². The average Bonchev–Trinajstić information content (AvgIpc) is 2.62. The van der Waals surface area contributed by atoms with Crippen molar-refractivity contribution in [3.63, 3.8) is 0 Å². The van der Waals surface area contributed by atoms with Gasteiger partial charge in [0.05, 0.1) is 16.4 Å². The number of nitrogens with two attached hydrogens (primary N) is 1. The molecule has 6 heteroatoms. The summed E-state index contributed by atoms with van der Waals surface area (Å²) in [4.78, 5) is 0. The van der Waals surface area contributed by atoms with Crippen LogP contribution in [0.25, 0.3) is 0 Å². The van der Waals surface area contributed by atoms with Crippen molar-refractivity contribution in [2.75, 3.05) is 0 Å². The van der Waals surface area contributed by atoms with Crippen LogP contribution < -0.4 is 10.5 Å². The molecule has 1 aromatic carbocycles.